The smallest absolute Gasteiger partial charge is 0.155 e. The molecule has 0 bridgehead atoms. The van der Waals surface area contributed by atoms with Crippen molar-refractivity contribution in [2.24, 2.45) is 11.6 Å². The standard InChI is InChI=1S/C30H31F2N5O3/c1-29(2,38)22-15-25(36-28(26(22)32)18-6-8-21(31)9-7-18)30(10-12-40-30)17-37(34)16-23(33)20-13-19-5-4-11-35-27(19)24(14-20)39-3/h4-9,11,13-16,38H,10,12,17,33-34H2,1-3H3/b23-16-. The number of rotatable bonds is 8. The lowest BCUT2D eigenvalue weighted by molar-refractivity contribution is -0.165. The third-order valence-electron chi connectivity index (χ3n) is 7.05. The van der Waals surface area contributed by atoms with Crippen molar-refractivity contribution in [2.45, 2.75) is 31.5 Å². The van der Waals surface area contributed by atoms with Gasteiger partial charge >= 0.3 is 0 Å². The summed E-state index contributed by atoms with van der Waals surface area (Å²) in [4.78, 5) is 8.97. The molecule has 1 fully saturated rings. The first-order valence-corrected chi connectivity index (χ1v) is 12.8. The molecule has 2 aromatic carbocycles. The number of aromatic nitrogens is 2. The molecule has 10 heteroatoms. The highest BCUT2D eigenvalue weighted by Crippen LogP contribution is 2.41. The van der Waals surface area contributed by atoms with Gasteiger partial charge in [0.15, 0.2) is 5.82 Å². The van der Waals surface area contributed by atoms with E-state index in [1.807, 2.05) is 18.2 Å². The molecule has 1 saturated heterocycles. The molecule has 3 heterocycles. The molecule has 0 aliphatic carbocycles. The number of halogens is 2. The molecule has 1 aliphatic rings. The van der Waals surface area contributed by atoms with Gasteiger partial charge < -0.3 is 25.3 Å². The summed E-state index contributed by atoms with van der Waals surface area (Å²) >= 11 is 0. The average Bonchev–Trinajstić information content (AvgIpc) is 2.90. The lowest BCUT2D eigenvalue weighted by atomic mass is 9.86. The normalized spacial score (nSPS) is 17.5. The van der Waals surface area contributed by atoms with Crippen molar-refractivity contribution in [3.05, 3.63) is 95.4 Å². The van der Waals surface area contributed by atoms with Crippen molar-refractivity contribution in [1.82, 2.24) is 15.0 Å². The maximum Gasteiger partial charge on any atom is 0.155 e. The Hall–Kier alpha value is -4.12. The van der Waals surface area contributed by atoms with Gasteiger partial charge in [0.1, 0.15) is 28.4 Å². The van der Waals surface area contributed by atoms with Crippen LogP contribution in [0.1, 0.15) is 37.1 Å². The van der Waals surface area contributed by atoms with Crippen molar-refractivity contribution in [3.8, 4) is 17.0 Å². The van der Waals surface area contributed by atoms with Crippen molar-refractivity contribution in [1.29, 1.82) is 0 Å². The fourth-order valence-electron chi connectivity index (χ4n) is 4.84. The van der Waals surface area contributed by atoms with Gasteiger partial charge in [-0.2, -0.15) is 0 Å². The summed E-state index contributed by atoms with van der Waals surface area (Å²) in [7, 11) is 1.57. The molecule has 40 heavy (non-hydrogen) atoms. The zero-order valence-electron chi connectivity index (χ0n) is 22.5. The first kappa shape index (κ1) is 27.4. The second-order valence-electron chi connectivity index (χ2n) is 10.4. The lowest BCUT2D eigenvalue weighted by Crippen LogP contribution is -2.51. The van der Waals surface area contributed by atoms with Gasteiger partial charge in [0.25, 0.3) is 0 Å². The van der Waals surface area contributed by atoms with Crippen LogP contribution in [0.5, 0.6) is 5.75 Å². The third-order valence-corrected chi connectivity index (χ3v) is 7.05. The fraction of sp³-hybridized carbons (Fsp3) is 0.267. The van der Waals surface area contributed by atoms with Crippen LogP contribution in [0.2, 0.25) is 0 Å². The number of ether oxygens (including phenoxy) is 2. The molecule has 0 spiro atoms. The fourth-order valence-corrected chi connectivity index (χ4v) is 4.84. The Kier molecular flexibility index (Phi) is 7.17. The number of nitrogens with zero attached hydrogens (tertiary/aromatic N) is 3. The van der Waals surface area contributed by atoms with E-state index < -0.39 is 22.8 Å². The van der Waals surface area contributed by atoms with Crippen molar-refractivity contribution < 1.29 is 23.4 Å². The van der Waals surface area contributed by atoms with Crippen molar-refractivity contribution in [3.63, 3.8) is 0 Å². The van der Waals surface area contributed by atoms with Crippen LogP contribution in [0, 0.1) is 11.6 Å². The summed E-state index contributed by atoms with van der Waals surface area (Å²) in [6, 6.07) is 14.3. The molecule has 0 radical (unpaired) electrons. The zero-order valence-corrected chi connectivity index (χ0v) is 22.5. The number of hydrogen-bond donors (Lipinski definition) is 3. The summed E-state index contributed by atoms with van der Waals surface area (Å²) in [5.74, 6) is 5.84. The largest absolute Gasteiger partial charge is 0.494 e. The van der Waals surface area contributed by atoms with Gasteiger partial charge in [-0.15, -0.1) is 0 Å². The molecule has 8 nitrogen and oxygen atoms in total. The second kappa shape index (κ2) is 10.5. The van der Waals surface area contributed by atoms with E-state index in [1.54, 1.807) is 25.6 Å². The molecule has 4 aromatic rings. The Morgan fingerprint density at radius 3 is 2.55 bits per heavy atom. The topological polar surface area (TPSA) is 120 Å². The van der Waals surface area contributed by atoms with E-state index in [-0.39, 0.29) is 17.8 Å². The number of benzene rings is 2. The number of pyridine rings is 2. The summed E-state index contributed by atoms with van der Waals surface area (Å²) in [5.41, 5.74) is 6.53. The highest BCUT2D eigenvalue weighted by molar-refractivity contribution is 5.88. The summed E-state index contributed by atoms with van der Waals surface area (Å²) in [6.45, 7) is 3.57. The average molecular weight is 548 g/mol. The van der Waals surface area contributed by atoms with Crippen LogP contribution in [0.25, 0.3) is 27.9 Å². The second-order valence-corrected chi connectivity index (χ2v) is 10.4. The zero-order chi connectivity index (χ0) is 28.7. The van der Waals surface area contributed by atoms with Crippen LogP contribution in [0.15, 0.2) is 67.0 Å². The van der Waals surface area contributed by atoms with Crippen LogP contribution in [0.3, 0.4) is 0 Å². The lowest BCUT2D eigenvalue weighted by Gasteiger charge is -2.43. The quantitative estimate of drug-likeness (QED) is 0.217. The third kappa shape index (κ3) is 5.21. The molecule has 0 amide bonds. The molecule has 5 N–H and O–H groups in total. The molecule has 5 rings (SSSR count). The van der Waals surface area contributed by atoms with Gasteiger partial charge in [-0.05, 0) is 62.4 Å². The Morgan fingerprint density at radius 2 is 1.93 bits per heavy atom. The highest BCUT2D eigenvalue weighted by Gasteiger charge is 2.44. The van der Waals surface area contributed by atoms with Gasteiger partial charge in [0.05, 0.1) is 37.3 Å². The SMILES string of the molecule is COc1cc(/C(N)=C/N(N)CC2(c3cc(C(C)(C)O)c(F)c(-c4ccc(F)cc4)n3)CCO2)cc2cccnc12. The molecular weight excluding hydrogens is 516 g/mol. The van der Waals surface area contributed by atoms with Crippen LogP contribution in [0.4, 0.5) is 8.78 Å². The first-order valence-electron chi connectivity index (χ1n) is 12.8. The minimum absolute atomic E-state index is 0.0139. The minimum Gasteiger partial charge on any atom is -0.494 e. The number of nitrogens with two attached hydrogens (primary N) is 2. The number of hydrogen-bond acceptors (Lipinski definition) is 8. The molecule has 0 saturated carbocycles. The predicted molar refractivity (Wildman–Crippen MR) is 148 cm³/mol. The van der Waals surface area contributed by atoms with E-state index in [2.05, 4.69) is 9.97 Å². The molecule has 1 aliphatic heterocycles. The monoisotopic (exact) mass is 547 g/mol. The number of aliphatic hydroxyl groups is 1. The highest BCUT2D eigenvalue weighted by atomic mass is 19.1. The Bertz CT molecular complexity index is 1580. The van der Waals surface area contributed by atoms with Gasteiger partial charge in [0, 0.05) is 40.9 Å². The first-order chi connectivity index (χ1) is 19.0. The van der Waals surface area contributed by atoms with E-state index in [0.717, 1.165) is 10.9 Å². The molecular formula is C30H31F2N5O3. The van der Waals surface area contributed by atoms with E-state index in [9.17, 15) is 9.50 Å². The Morgan fingerprint density at radius 1 is 1.20 bits per heavy atom. The predicted octanol–water partition coefficient (Wildman–Crippen LogP) is 4.56. The summed E-state index contributed by atoms with van der Waals surface area (Å²) in [5, 5.41) is 13.0. The van der Waals surface area contributed by atoms with E-state index >= 15 is 4.39 Å². The maximum atomic E-state index is 15.6. The van der Waals surface area contributed by atoms with Gasteiger partial charge in [0.2, 0.25) is 0 Å². The number of fused-ring (bicyclic) bond motifs is 1. The van der Waals surface area contributed by atoms with Crippen LogP contribution < -0.4 is 16.3 Å². The minimum atomic E-state index is -1.52. The Balaban J connectivity index is 1.51. The van der Waals surface area contributed by atoms with Crippen molar-refractivity contribution in [2.75, 3.05) is 20.3 Å². The van der Waals surface area contributed by atoms with E-state index in [4.69, 9.17) is 21.1 Å². The van der Waals surface area contributed by atoms with Crippen molar-refractivity contribution >= 4 is 16.6 Å². The summed E-state index contributed by atoms with van der Waals surface area (Å²) in [6.07, 6.45) is 3.83. The van der Waals surface area contributed by atoms with Gasteiger partial charge in [-0.1, -0.05) is 6.07 Å². The molecule has 2 aromatic heterocycles. The van der Waals surface area contributed by atoms with Crippen LogP contribution >= 0.6 is 0 Å². The van der Waals surface area contributed by atoms with E-state index in [0.29, 0.717) is 41.3 Å². The number of methoxy groups -OCH3 is 1. The molecule has 208 valence electrons. The maximum absolute atomic E-state index is 15.6. The molecule has 1 atom stereocenters. The van der Waals surface area contributed by atoms with Gasteiger partial charge in [-0.3, -0.25) is 4.98 Å². The van der Waals surface area contributed by atoms with Gasteiger partial charge in [-0.25, -0.2) is 19.6 Å². The molecule has 1 unspecified atom stereocenters. The Labute approximate surface area is 230 Å². The van der Waals surface area contributed by atoms with Crippen LogP contribution in [-0.2, 0) is 15.9 Å². The number of hydrazine groups is 1. The van der Waals surface area contributed by atoms with E-state index in [1.165, 1.54) is 49.2 Å². The van der Waals surface area contributed by atoms with Crippen LogP contribution in [-0.4, -0.2) is 40.3 Å². The summed E-state index contributed by atoms with van der Waals surface area (Å²) < 4.78 is 40.7.